The van der Waals surface area contributed by atoms with Crippen LogP contribution in [0.2, 0.25) is 0 Å². The van der Waals surface area contributed by atoms with Gasteiger partial charge in [0.15, 0.2) is 0 Å². The lowest BCUT2D eigenvalue weighted by Crippen LogP contribution is -2.14. The topological polar surface area (TPSA) is 139 Å². The van der Waals surface area contributed by atoms with E-state index < -0.39 is 6.02 Å². The minimum absolute atomic E-state index is 0.0949. The molecule has 5 aromatic rings. The van der Waals surface area contributed by atoms with Crippen LogP contribution in [0.15, 0.2) is 79.1 Å². The molecule has 3 aromatic carbocycles. The highest BCUT2D eigenvalue weighted by atomic mass is 15.4. The van der Waals surface area contributed by atoms with Crippen LogP contribution in [0.5, 0.6) is 0 Å². The number of nitriles is 3. The van der Waals surface area contributed by atoms with Gasteiger partial charge in [-0.15, -0.1) is 5.10 Å². The van der Waals surface area contributed by atoms with Crippen LogP contribution in [0.25, 0.3) is 10.9 Å². The van der Waals surface area contributed by atoms with E-state index in [9.17, 15) is 17.2 Å². The fraction of sp³-hybridized carbons (Fsp3) is 0.212. The molecule has 2 heterocycles. The Hall–Kier alpha value is -5.72. The summed E-state index contributed by atoms with van der Waals surface area (Å²) in [6.07, 6.45) is 6.01. The number of aromatic nitrogens is 4. The molecule has 2 aromatic heterocycles. The van der Waals surface area contributed by atoms with Gasteiger partial charge in [-0.1, -0.05) is 54.6 Å². The first-order valence-electron chi connectivity index (χ1n) is 14.3. The molecule has 0 aliphatic heterocycles. The molecule has 9 heteroatoms. The van der Waals surface area contributed by atoms with Crippen molar-refractivity contribution >= 4 is 22.3 Å². The lowest BCUT2D eigenvalue weighted by atomic mass is 9.99. The Morgan fingerprint density at radius 1 is 0.952 bits per heavy atom. The average molecular weight is 551 g/mol. The second-order valence-corrected chi connectivity index (χ2v) is 10.2. The van der Waals surface area contributed by atoms with E-state index in [0.29, 0.717) is 44.7 Å². The van der Waals surface area contributed by atoms with Crippen LogP contribution in [0.1, 0.15) is 79.2 Å². The van der Waals surface area contributed by atoms with E-state index in [1.54, 1.807) is 47.3 Å². The number of fused-ring (bicyclic) bond motifs is 1. The molecular weight excluding hydrogens is 522 g/mol. The van der Waals surface area contributed by atoms with Gasteiger partial charge in [-0.3, -0.25) is 4.98 Å². The molecular formula is C33H27N9. The van der Waals surface area contributed by atoms with Gasteiger partial charge < -0.3 is 10.6 Å². The second kappa shape index (κ2) is 11.4. The van der Waals surface area contributed by atoms with Crippen LogP contribution in [-0.2, 0) is 0 Å². The summed E-state index contributed by atoms with van der Waals surface area (Å²) < 4.78 is 11.5. The molecule has 2 atom stereocenters. The summed E-state index contributed by atoms with van der Waals surface area (Å²) in [5.41, 5.74) is 4.40. The third-order valence-corrected chi connectivity index (χ3v) is 7.38. The van der Waals surface area contributed by atoms with Crippen LogP contribution >= 0.6 is 0 Å². The van der Waals surface area contributed by atoms with Gasteiger partial charge in [-0.2, -0.15) is 15.8 Å². The molecule has 9 nitrogen and oxygen atoms in total. The molecule has 0 radical (unpaired) electrons. The first kappa shape index (κ1) is 25.3. The van der Waals surface area contributed by atoms with Crippen molar-refractivity contribution in [1.29, 1.82) is 15.8 Å². The van der Waals surface area contributed by atoms with Crippen molar-refractivity contribution in [3.05, 3.63) is 113 Å². The lowest BCUT2D eigenvalue weighted by Gasteiger charge is -2.22. The smallest absolute Gasteiger partial charge is 0.109 e. The van der Waals surface area contributed by atoms with E-state index in [4.69, 9.17) is 0 Å². The largest absolute Gasteiger partial charge is 0.377 e. The predicted octanol–water partition coefficient (Wildman–Crippen LogP) is 6.54. The van der Waals surface area contributed by atoms with Crippen LogP contribution in [0.3, 0.4) is 0 Å². The minimum Gasteiger partial charge on any atom is -0.377 e. The highest BCUT2D eigenvalue weighted by Crippen LogP contribution is 2.37. The van der Waals surface area contributed by atoms with Gasteiger partial charge in [0.2, 0.25) is 0 Å². The van der Waals surface area contributed by atoms with Gasteiger partial charge in [0.1, 0.15) is 17.8 Å². The molecule has 0 amide bonds. The normalized spacial score (nSPS) is 15.0. The molecule has 0 spiro atoms. The van der Waals surface area contributed by atoms with Crippen molar-refractivity contribution in [3.8, 4) is 18.2 Å². The second-order valence-electron chi connectivity index (χ2n) is 10.2. The first-order valence-corrected chi connectivity index (χ1v) is 13.8. The van der Waals surface area contributed by atoms with Crippen LogP contribution in [0, 0.1) is 34.0 Å². The molecule has 0 bridgehead atoms. The maximum Gasteiger partial charge on any atom is 0.109 e. The summed E-state index contributed by atoms with van der Waals surface area (Å²) in [6, 6.07) is 25.4. The number of nitrogens with one attached hydrogen (secondary N) is 2. The van der Waals surface area contributed by atoms with E-state index in [-0.39, 0.29) is 17.6 Å². The quantitative estimate of drug-likeness (QED) is 0.211. The van der Waals surface area contributed by atoms with Gasteiger partial charge in [0, 0.05) is 17.3 Å². The summed E-state index contributed by atoms with van der Waals surface area (Å²) in [4.78, 5) is 4.47. The van der Waals surface area contributed by atoms with Crippen LogP contribution in [0.4, 0.5) is 11.4 Å². The standard InChI is InChI=1S/C33H27N9/c1-2-29(22-8-4-3-5-9-22)39-32-25(18-36)19-37-31-24(17-35)14-26(15-28(31)32)38-33(23-10-6-7-21(13-23)16-34)30-20-42(41-40-30)27-11-12-27/h3-10,13-15,19-20,27,29,33,38H,2,11-12H2,1H3,(H,37,39)/t29-,33-/m1/s1/i33D. The number of nitrogens with zero attached hydrogens (tertiary/aromatic N) is 7. The van der Waals surface area contributed by atoms with E-state index in [1.165, 1.54) is 6.20 Å². The summed E-state index contributed by atoms with van der Waals surface area (Å²) in [7, 11) is 0. The molecule has 1 fully saturated rings. The monoisotopic (exact) mass is 550 g/mol. The number of rotatable bonds is 9. The number of anilines is 2. The molecule has 0 saturated heterocycles. The van der Waals surface area contributed by atoms with E-state index >= 15 is 0 Å². The van der Waals surface area contributed by atoms with Gasteiger partial charge in [-0.05, 0) is 54.7 Å². The van der Waals surface area contributed by atoms with Gasteiger partial charge in [0.05, 0.1) is 59.6 Å². The van der Waals surface area contributed by atoms with E-state index in [2.05, 4.69) is 51.1 Å². The summed E-state index contributed by atoms with van der Waals surface area (Å²) in [5.74, 6) is 0. The zero-order valence-electron chi connectivity index (χ0n) is 23.9. The van der Waals surface area contributed by atoms with Crippen molar-refractivity contribution in [2.24, 2.45) is 0 Å². The Labute approximate surface area is 245 Å². The molecule has 6 rings (SSSR count). The SMILES string of the molecule is [2H][C@@](Nc1cc(C#N)c2ncc(C#N)c(N[C@H](CC)c3ccccc3)c2c1)(c1cccc(C#N)c1)c1cn(C2CC2)nn1. The molecule has 1 saturated carbocycles. The van der Waals surface area contributed by atoms with Gasteiger partial charge in [0.25, 0.3) is 0 Å². The molecule has 42 heavy (non-hydrogen) atoms. The maximum absolute atomic E-state index is 10.1. The summed E-state index contributed by atoms with van der Waals surface area (Å²) >= 11 is 0. The molecule has 0 unspecified atom stereocenters. The fourth-order valence-corrected chi connectivity index (χ4v) is 5.06. The van der Waals surface area contributed by atoms with Crippen molar-refractivity contribution in [2.75, 3.05) is 10.6 Å². The zero-order valence-corrected chi connectivity index (χ0v) is 22.9. The van der Waals surface area contributed by atoms with E-state index in [1.807, 2.05) is 30.3 Å². The Morgan fingerprint density at radius 3 is 2.45 bits per heavy atom. The number of benzene rings is 3. The lowest BCUT2D eigenvalue weighted by molar-refractivity contribution is 0.610. The summed E-state index contributed by atoms with van der Waals surface area (Å²) in [6.45, 7) is 2.06. The Bertz CT molecular complexity index is 1940. The number of hydrogen-bond acceptors (Lipinski definition) is 8. The predicted molar refractivity (Wildman–Crippen MR) is 159 cm³/mol. The van der Waals surface area contributed by atoms with Gasteiger partial charge >= 0.3 is 0 Å². The Kier molecular flexibility index (Phi) is 6.86. The van der Waals surface area contributed by atoms with Crippen LogP contribution < -0.4 is 10.6 Å². The summed E-state index contributed by atoms with van der Waals surface area (Å²) in [5, 5.41) is 45.8. The number of pyridine rings is 1. The third kappa shape index (κ3) is 5.22. The fourth-order valence-electron chi connectivity index (χ4n) is 5.06. The Balaban J connectivity index is 1.50. The van der Waals surface area contributed by atoms with Gasteiger partial charge in [-0.25, -0.2) is 4.68 Å². The van der Waals surface area contributed by atoms with Crippen molar-refractivity contribution < 1.29 is 1.37 Å². The average Bonchev–Trinajstić information content (AvgIpc) is 3.78. The number of hydrogen-bond donors (Lipinski definition) is 2. The Morgan fingerprint density at radius 2 is 1.74 bits per heavy atom. The minimum atomic E-state index is -1.65. The zero-order chi connectivity index (χ0) is 30.0. The van der Waals surface area contributed by atoms with E-state index in [0.717, 1.165) is 24.8 Å². The third-order valence-electron chi connectivity index (χ3n) is 7.38. The molecule has 2 N–H and O–H groups in total. The van der Waals surface area contributed by atoms with Crippen molar-refractivity contribution in [3.63, 3.8) is 0 Å². The van der Waals surface area contributed by atoms with Crippen LogP contribution in [-0.4, -0.2) is 20.0 Å². The first-order chi connectivity index (χ1) is 21.0. The molecule has 1 aliphatic carbocycles. The molecule has 204 valence electrons. The highest BCUT2D eigenvalue weighted by molar-refractivity contribution is 5.99. The maximum atomic E-state index is 10.1. The highest BCUT2D eigenvalue weighted by Gasteiger charge is 2.27. The molecule has 1 aliphatic rings. The van der Waals surface area contributed by atoms with Crippen molar-refractivity contribution in [2.45, 2.75) is 44.3 Å². The van der Waals surface area contributed by atoms with Crippen molar-refractivity contribution in [1.82, 2.24) is 20.0 Å².